The molecule has 0 unspecified atom stereocenters. The fourth-order valence-electron chi connectivity index (χ4n) is 3.44. The van der Waals surface area contributed by atoms with Crippen molar-refractivity contribution in [2.24, 2.45) is 0 Å². The van der Waals surface area contributed by atoms with Crippen LogP contribution in [0.25, 0.3) is 0 Å². The fraction of sp³-hybridized carbons (Fsp3) is 0.588. The number of morpholine rings is 1. The number of hydrogen-bond donors (Lipinski definition) is 3. The fourth-order valence-corrected chi connectivity index (χ4v) is 3.44. The number of hydrogen-bond acceptors (Lipinski definition) is 5. The van der Waals surface area contributed by atoms with Crippen molar-refractivity contribution in [3.8, 4) is 5.75 Å². The van der Waals surface area contributed by atoms with Gasteiger partial charge in [-0.15, -0.1) is 0 Å². The molecule has 6 nitrogen and oxygen atoms in total. The lowest BCUT2D eigenvalue weighted by molar-refractivity contribution is -0.121. The van der Waals surface area contributed by atoms with E-state index in [9.17, 15) is 9.90 Å². The highest BCUT2D eigenvalue weighted by Crippen LogP contribution is 2.24. The summed E-state index contributed by atoms with van der Waals surface area (Å²) < 4.78 is 5.75. The van der Waals surface area contributed by atoms with Crippen molar-refractivity contribution < 1.29 is 19.7 Å². The van der Waals surface area contributed by atoms with Crippen molar-refractivity contribution in [3.05, 3.63) is 29.8 Å². The topological polar surface area (TPSA) is 82.0 Å². The molecule has 0 radical (unpaired) electrons. The number of rotatable bonds is 5. The molecule has 2 saturated heterocycles. The lowest BCUT2D eigenvalue weighted by Crippen LogP contribution is -2.46. The third-order valence-corrected chi connectivity index (χ3v) is 4.61. The van der Waals surface area contributed by atoms with Gasteiger partial charge < -0.3 is 20.3 Å². The van der Waals surface area contributed by atoms with Gasteiger partial charge in [-0.1, -0.05) is 12.1 Å². The summed E-state index contributed by atoms with van der Waals surface area (Å²) in [5.74, 6) is 0.215. The maximum atomic E-state index is 12.2. The number of carbonyl (C=O) groups is 1. The van der Waals surface area contributed by atoms with Crippen LogP contribution in [0.4, 0.5) is 0 Å². The number of aliphatic hydroxyl groups excluding tert-OH is 1. The van der Waals surface area contributed by atoms with Crippen molar-refractivity contribution in [2.45, 2.75) is 37.5 Å². The first-order valence-corrected chi connectivity index (χ1v) is 8.18. The molecular formula is C17H24N2O4. The van der Waals surface area contributed by atoms with Gasteiger partial charge in [0.15, 0.2) is 0 Å². The molecule has 0 bridgehead atoms. The largest absolute Gasteiger partial charge is 0.508 e. The van der Waals surface area contributed by atoms with E-state index in [0.717, 1.165) is 25.1 Å². The van der Waals surface area contributed by atoms with Gasteiger partial charge in [0, 0.05) is 31.8 Å². The smallest absolute Gasteiger partial charge is 0.224 e. The first kappa shape index (κ1) is 16.2. The standard InChI is InChI=1S/C17H24N2O4/c20-6-5-16-10-19-9-13(8-14(19)11-23-16)18-17(22)7-12-1-3-15(21)4-2-12/h1-4,13-14,16,20-21H,5-11H2,(H,18,22)/t13-,14+,16+/m1/s1. The number of aromatic hydroxyl groups is 1. The first-order chi connectivity index (χ1) is 11.1. The zero-order chi connectivity index (χ0) is 16.2. The maximum Gasteiger partial charge on any atom is 0.224 e. The maximum absolute atomic E-state index is 12.2. The van der Waals surface area contributed by atoms with E-state index >= 15 is 0 Å². The Kier molecular flexibility index (Phi) is 5.15. The number of ether oxygens (including phenoxy) is 1. The van der Waals surface area contributed by atoms with Crippen LogP contribution in [-0.2, 0) is 16.0 Å². The van der Waals surface area contributed by atoms with Crippen molar-refractivity contribution in [1.29, 1.82) is 0 Å². The molecule has 2 fully saturated rings. The van der Waals surface area contributed by atoms with Gasteiger partial charge >= 0.3 is 0 Å². The summed E-state index contributed by atoms with van der Waals surface area (Å²) in [6.45, 7) is 2.50. The molecule has 6 heteroatoms. The minimum absolute atomic E-state index is 0.00774. The molecule has 1 aromatic rings. The van der Waals surface area contributed by atoms with Crippen LogP contribution in [0, 0.1) is 0 Å². The van der Waals surface area contributed by atoms with E-state index in [-0.39, 0.29) is 30.4 Å². The van der Waals surface area contributed by atoms with E-state index in [1.165, 1.54) is 0 Å². The lowest BCUT2D eigenvalue weighted by Gasteiger charge is -2.34. The van der Waals surface area contributed by atoms with Gasteiger partial charge in [0.1, 0.15) is 5.75 Å². The van der Waals surface area contributed by atoms with Gasteiger partial charge in [0.05, 0.1) is 19.1 Å². The molecule has 0 spiro atoms. The number of carbonyl (C=O) groups excluding carboxylic acids is 1. The Morgan fingerprint density at radius 2 is 2.09 bits per heavy atom. The Morgan fingerprint density at radius 1 is 1.30 bits per heavy atom. The average molecular weight is 320 g/mol. The molecule has 0 saturated carbocycles. The predicted molar refractivity (Wildman–Crippen MR) is 85.2 cm³/mol. The Labute approximate surface area is 136 Å². The van der Waals surface area contributed by atoms with Crippen LogP contribution >= 0.6 is 0 Å². The summed E-state index contributed by atoms with van der Waals surface area (Å²) in [5.41, 5.74) is 0.891. The molecule has 2 heterocycles. The van der Waals surface area contributed by atoms with Gasteiger partial charge in [-0.25, -0.2) is 0 Å². The number of fused-ring (bicyclic) bond motifs is 1. The van der Waals surface area contributed by atoms with Crippen molar-refractivity contribution in [2.75, 3.05) is 26.3 Å². The Morgan fingerprint density at radius 3 is 2.83 bits per heavy atom. The van der Waals surface area contributed by atoms with Crippen molar-refractivity contribution in [3.63, 3.8) is 0 Å². The highest BCUT2D eigenvalue weighted by atomic mass is 16.5. The molecule has 126 valence electrons. The predicted octanol–water partition coefficient (Wildman–Crippen LogP) is 0.275. The number of benzene rings is 1. The Balaban J connectivity index is 1.48. The van der Waals surface area contributed by atoms with Crippen LogP contribution in [0.5, 0.6) is 5.75 Å². The third-order valence-electron chi connectivity index (χ3n) is 4.61. The molecule has 1 aromatic carbocycles. The second kappa shape index (κ2) is 7.29. The van der Waals surface area contributed by atoms with Crippen molar-refractivity contribution >= 4 is 5.91 Å². The number of aliphatic hydroxyl groups is 1. The monoisotopic (exact) mass is 320 g/mol. The lowest BCUT2D eigenvalue weighted by atomic mass is 10.1. The van der Waals surface area contributed by atoms with Crippen LogP contribution in [0.1, 0.15) is 18.4 Å². The van der Waals surface area contributed by atoms with E-state index in [2.05, 4.69) is 10.2 Å². The first-order valence-electron chi connectivity index (χ1n) is 8.18. The summed E-state index contributed by atoms with van der Waals surface area (Å²) in [6.07, 6.45) is 2.00. The van der Waals surface area contributed by atoms with Gasteiger partial charge in [-0.3, -0.25) is 9.69 Å². The number of nitrogens with zero attached hydrogens (tertiary/aromatic N) is 1. The van der Waals surface area contributed by atoms with Gasteiger partial charge in [0.2, 0.25) is 5.91 Å². The molecule has 3 rings (SSSR count). The summed E-state index contributed by atoms with van der Waals surface area (Å²) in [6, 6.07) is 7.24. The summed E-state index contributed by atoms with van der Waals surface area (Å²) >= 11 is 0. The third kappa shape index (κ3) is 4.22. The molecule has 2 aliphatic heterocycles. The van der Waals surface area contributed by atoms with Crippen LogP contribution in [0.3, 0.4) is 0 Å². The van der Waals surface area contributed by atoms with Crippen LogP contribution < -0.4 is 5.32 Å². The molecule has 1 amide bonds. The summed E-state index contributed by atoms with van der Waals surface area (Å²) in [4.78, 5) is 14.5. The van der Waals surface area contributed by atoms with E-state index in [4.69, 9.17) is 9.84 Å². The molecule has 2 aliphatic rings. The summed E-state index contributed by atoms with van der Waals surface area (Å²) in [5, 5.41) is 21.4. The minimum Gasteiger partial charge on any atom is -0.508 e. The highest BCUT2D eigenvalue weighted by Gasteiger charge is 2.37. The van der Waals surface area contributed by atoms with Crippen LogP contribution in [0.15, 0.2) is 24.3 Å². The van der Waals surface area contributed by atoms with E-state index in [1.807, 2.05) is 0 Å². The number of amides is 1. The zero-order valence-corrected chi connectivity index (χ0v) is 13.1. The quantitative estimate of drug-likeness (QED) is 0.726. The number of nitrogens with one attached hydrogen (secondary N) is 1. The molecule has 0 aromatic heterocycles. The average Bonchev–Trinajstić information content (AvgIpc) is 2.91. The second-order valence-electron chi connectivity index (χ2n) is 6.42. The van der Waals surface area contributed by atoms with E-state index in [0.29, 0.717) is 25.5 Å². The Hall–Kier alpha value is -1.63. The number of phenols is 1. The SMILES string of the molecule is O=C(Cc1ccc(O)cc1)N[C@@H]1C[C@H]2CO[C@@H](CCO)CN2C1. The molecule has 3 atom stereocenters. The second-order valence-corrected chi connectivity index (χ2v) is 6.42. The highest BCUT2D eigenvalue weighted by molar-refractivity contribution is 5.79. The van der Waals surface area contributed by atoms with E-state index < -0.39 is 0 Å². The van der Waals surface area contributed by atoms with Gasteiger partial charge in [-0.05, 0) is 30.5 Å². The van der Waals surface area contributed by atoms with E-state index in [1.54, 1.807) is 24.3 Å². The minimum atomic E-state index is 0.00774. The zero-order valence-electron chi connectivity index (χ0n) is 13.1. The Bertz CT molecular complexity index is 534. The molecular weight excluding hydrogens is 296 g/mol. The molecule has 23 heavy (non-hydrogen) atoms. The molecule has 3 N–H and O–H groups in total. The van der Waals surface area contributed by atoms with Gasteiger partial charge in [0.25, 0.3) is 0 Å². The normalized spacial score (nSPS) is 27.6. The molecule has 0 aliphatic carbocycles. The van der Waals surface area contributed by atoms with Gasteiger partial charge in [-0.2, -0.15) is 0 Å². The van der Waals surface area contributed by atoms with Crippen molar-refractivity contribution in [1.82, 2.24) is 10.2 Å². The number of phenolic OH excluding ortho intramolecular Hbond substituents is 1. The van der Waals surface area contributed by atoms with Crippen LogP contribution in [0.2, 0.25) is 0 Å². The summed E-state index contributed by atoms with van der Waals surface area (Å²) in [7, 11) is 0. The van der Waals surface area contributed by atoms with Crippen LogP contribution in [-0.4, -0.2) is 65.5 Å².